The van der Waals surface area contributed by atoms with Crippen molar-refractivity contribution in [1.29, 1.82) is 0 Å². The van der Waals surface area contributed by atoms with Crippen LogP contribution in [-0.4, -0.2) is 7.11 Å². The standard InChI is InChI=1S/C20H25FO/c1-12(2)17-10-18(20(22-4)11-19(17)21)16-9-8-14-6-5-7-15(14)13(16)3/h9-12,14H,5-8H2,1-4H3. The number of ether oxygens (including phenoxy) is 1. The summed E-state index contributed by atoms with van der Waals surface area (Å²) in [5.74, 6) is 1.38. The third-order valence-corrected chi connectivity index (χ3v) is 5.21. The molecule has 0 radical (unpaired) electrons. The molecule has 1 nitrogen and oxygen atoms in total. The number of fused-ring (bicyclic) bond motifs is 1. The molecule has 0 heterocycles. The highest BCUT2D eigenvalue weighted by Gasteiger charge is 2.28. The van der Waals surface area contributed by atoms with E-state index >= 15 is 0 Å². The smallest absolute Gasteiger partial charge is 0.130 e. The van der Waals surface area contributed by atoms with Gasteiger partial charge in [-0.25, -0.2) is 4.39 Å². The molecule has 0 bridgehead atoms. The highest BCUT2D eigenvalue weighted by molar-refractivity contribution is 5.84. The summed E-state index contributed by atoms with van der Waals surface area (Å²) in [5, 5.41) is 0. The van der Waals surface area contributed by atoms with Crippen LogP contribution in [0.4, 0.5) is 4.39 Å². The lowest BCUT2D eigenvalue weighted by Crippen LogP contribution is -2.07. The van der Waals surface area contributed by atoms with Crippen molar-refractivity contribution < 1.29 is 9.13 Å². The summed E-state index contributed by atoms with van der Waals surface area (Å²) in [6.45, 7) is 6.28. The SMILES string of the molecule is COc1cc(F)c(C(C)C)cc1C1=CCC2CCCC2=C1C. The van der Waals surface area contributed by atoms with E-state index in [2.05, 4.69) is 13.0 Å². The fourth-order valence-corrected chi connectivity index (χ4v) is 3.96. The average Bonchev–Trinajstić information content (AvgIpc) is 2.97. The number of benzene rings is 1. The predicted molar refractivity (Wildman–Crippen MR) is 89.7 cm³/mol. The summed E-state index contributed by atoms with van der Waals surface area (Å²) in [7, 11) is 1.62. The maximum absolute atomic E-state index is 14.2. The number of rotatable bonds is 3. The molecule has 1 unspecified atom stereocenters. The lowest BCUT2D eigenvalue weighted by atomic mass is 9.82. The van der Waals surface area contributed by atoms with E-state index in [9.17, 15) is 4.39 Å². The molecule has 1 aromatic rings. The Hall–Kier alpha value is -1.57. The van der Waals surface area contributed by atoms with E-state index < -0.39 is 0 Å². The Balaban J connectivity index is 2.11. The highest BCUT2D eigenvalue weighted by Crippen LogP contribution is 2.46. The second-order valence-electron chi connectivity index (χ2n) is 6.82. The first kappa shape index (κ1) is 15.3. The number of hydrogen-bond donors (Lipinski definition) is 0. The van der Waals surface area contributed by atoms with Crippen molar-refractivity contribution in [3.63, 3.8) is 0 Å². The Morgan fingerprint density at radius 2 is 2.05 bits per heavy atom. The quantitative estimate of drug-likeness (QED) is 0.679. The average molecular weight is 300 g/mol. The van der Waals surface area contributed by atoms with Crippen LogP contribution in [0.25, 0.3) is 5.57 Å². The third kappa shape index (κ3) is 2.49. The van der Waals surface area contributed by atoms with Crippen molar-refractivity contribution in [2.75, 3.05) is 7.11 Å². The van der Waals surface area contributed by atoms with Crippen molar-refractivity contribution in [3.05, 3.63) is 46.3 Å². The maximum Gasteiger partial charge on any atom is 0.130 e. The van der Waals surface area contributed by atoms with E-state index in [0.717, 1.165) is 23.5 Å². The molecule has 2 aliphatic rings. The molecular weight excluding hydrogens is 275 g/mol. The molecule has 0 aromatic heterocycles. The number of hydrogen-bond acceptors (Lipinski definition) is 1. The minimum absolute atomic E-state index is 0.168. The first-order chi connectivity index (χ1) is 10.5. The third-order valence-electron chi connectivity index (χ3n) is 5.21. The fraction of sp³-hybridized carbons (Fsp3) is 0.500. The minimum Gasteiger partial charge on any atom is -0.496 e. The Morgan fingerprint density at radius 3 is 2.73 bits per heavy atom. The van der Waals surface area contributed by atoms with Crippen LogP contribution in [0.3, 0.4) is 0 Å². The Morgan fingerprint density at radius 1 is 1.27 bits per heavy atom. The van der Waals surface area contributed by atoms with Crippen LogP contribution >= 0.6 is 0 Å². The number of allylic oxidation sites excluding steroid dienone is 4. The van der Waals surface area contributed by atoms with E-state index in [4.69, 9.17) is 4.74 Å². The Labute approximate surface area is 132 Å². The normalized spacial score (nSPS) is 21.2. The van der Waals surface area contributed by atoms with E-state index in [0.29, 0.717) is 5.75 Å². The van der Waals surface area contributed by atoms with Gasteiger partial charge in [0.1, 0.15) is 11.6 Å². The molecule has 1 atom stereocenters. The first-order valence-corrected chi connectivity index (χ1v) is 8.31. The van der Waals surface area contributed by atoms with E-state index in [1.807, 2.05) is 19.9 Å². The van der Waals surface area contributed by atoms with Crippen molar-refractivity contribution in [2.45, 2.75) is 52.4 Å². The van der Waals surface area contributed by atoms with Gasteiger partial charge in [-0.2, -0.15) is 0 Å². The molecule has 2 aliphatic carbocycles. The topological polar surface area (TPSA) is 9.23 Å². The van der Waals surface area contributed by atoms with Gasteiger partial charge < -0.3 is 4.74 Å². The maximum atomic E-state index is 14.2. The molecule has 2 heteroatoms. The molecule has 3 rings (SSSR count). The Bertz CT molecular complexity index is 652. The first-order valence-electron chi connectivity index (χ1n) is 8.31. The van der Waals surface area contributed by atoms with Crippen LogP contribution in [0, 0.1) is 11.7 Å². The molecule has 1 aromatic carbocycles. The van der Waals surface area contributed by atoms with Crippen molar-refractivity contribution in [2.24, 2.45) is 5.92 Å². The van der Waals surface area contributed by atoms with Gasteiger partial charge in [0.2, 0.25) is 0 Å². The predicted octanol–water partition coefficient (Wildman–Crippen LogP) is 5.86. The summed E-state index contributed by atoms with van der Waals surface area (Å²) in [5.41, 5.74) is 6.04. The molecule has 118 valence electrons. The summed E-state index contributed by atoms with van der Waals surface area (Å²) in [6, 6.07) is 3.54. The molecular formula is C20H25FO. The lowest BCUT2D eigenvalue weighted by Gasteiger charge is -2.24. The summed E-state index contributed by atoms with van der Waals surface area (Å²) < 4.78 is 19.7. The molecule has 0 saturated heterocycles. The van der Waals surface area contributed by atoms with Crippen LogP contribution < -0.4 is 4.74 Å². The van der Waals surface area contributed by atoms with Gasteiger partial charge in [-0.3, -0.25) is 0 Å². The van der Waals surface area contributed by atoms with Crippen LogP contribution in [0.1, 0.15) is 63.5 Å². The zero-order valence-electron chi connectivity index (χ0n) is 14.0. The highest BCUT2D eigenvalue weighted by atomic mass is 19.1. The summed E-state index contributed by atoms with van der Waals surface area (Å²) in [4.78, 5) is 0. The Kier molecular flexibility index (Phi) is 4.12. The molecule has 1 saturated carbocycles. The van der Waals surface area contributed by atoms with Gasteiger partial charge >= 0.3 is 0 Å². The van der Waals surface area contributed by atoms with E-state index in [1.165, 1.54) is 30.4 Å². The fourth-order valence-electron chi connectivity index (χ4n) is 3.96. The summed E-state index contributed by atoms with van der Waals surface area (Å²) >= 11 is 0. The van der Waals surface area contributed by atoms with Crippen molar-refractivity contribution >= 4 is 5.57 Å². The van der Waals surface area contributed by atoms with Crippen LogP contribution in [0.15, 0.2) is 29.4 Å². The van der Waals surface area contributed by atoms with Crippen molar-refractivity contribution in [1.82, 2.24) is 0 Å². The summed E-state index contributed by atoms with van der Waals surface area (Å²) in [6.07, 6.45) is 7.27. The minimum atomic E-state index is -0.170. The molecule has 0 N–H and O–H groups in total. The molecule has 0 spiro atoms. The van der Waals surface area contributed by atoms with Gasteiger partial charge in [0.05, 0.1) is 7.11 Å². The lowest BCUT2D eigenvalue weighted by molar-refractivity contribution is 0.409. The van der Waals surface area contributed by atoms with Crippen LogP contribution in [0.5, 0.6) is 5.75 Å². The van der Waals surface area contributed by atoms with Gasteiger partial charge in [-0.15, -0.1) is 0 Å². The van der Waals surface area contributed by atoms with E-state index in [1.54, 1.807) is 18.7 Å². The van der Waals surface area contributed by atoms with Crippen molar-refractivity contribution in [3.8, 4) is 5.75 Å². The van der Waals surface area contributed by atoms with Crippen LogP contribution in [-0.2, 0) is 0 Å². The molecule has 1 fully saturated rings. The molecule has 0 amide bonds. The van der Waals surface area contributed by atoms with Gasteiger partial charge in [0.25, 0.3) is 0 Å². The van der Waals surface area contributed by atoms with E-state index in [-0.39, 0.29) is 11.7 Å². The van der Waals surface area contributed by atoms with Gasteiger partial charge in [-0.05, 0) is 67.2 Å². The second-order valence-corrected chi connectivity index (χ2v) is 6.82. The van der Waals surface area contributed by atoms with Crippen LogP contribution in [0.2, 0.25) is 0 Å². The van der Waals surface area contributed by atoms with Gasteiger partial charge in [0, 0.05) is 11.6 Å². The molecule has 22 heavy (non-hydrogen) atoms. The zero-order valence-corrected chi connectivity index (χ0v) is 14.0. The molecule has 0 aliphatic heterocycles. The second kappa shape index (κ2) is 5.91. The zero-order chi connectivity index (χ0) is 15.9. The van der Waals surface area contributed by atoms with Gasteiger partial charge in [-0.1, -0.05) is 25.5 Å². The monoisotopic (exact) mass is 300 g/mol. The van der Waals surface area contributed by atoms with Gasteiger partial charge in [0.15, 0.2) is 0 Å². The number of halogens is 1. The number of methoxy groups -OCH3 is 1. The largest absolute Gasteiger partial charge is 0.496 e.